The van der Waals surface area contributed by atoms with Crippen LogP contribution in [0.25, 0.3) is 0 Å². The Balaban J connectivity index is 2.11. The van der Waals surface area contributed by atoms with E-state index >= 15 is 0 Å². The van der Waals surface area contributed by atoms with Crippen molar-refractivity contribution in [3.05, 3.63) is 43.2 Å². The van der Waals surface area contributed by atoms with Crippen LogP contribution in [0.4, 0.5) is 0 Å². The van der Waals surface area contributed by atoms with E-state index in [2.05, 4.69) is 57.8 Å². The molecule has 16 heavy (non-hydrogen) atoms. The highest BCUT2D eigenvalue weighted by Gasteiger charge is 2.13. The van der Waals surface area contributed by atoms with Crippen molar-refractivity contribution in [3.8, 4) is 0 Å². The molecular weight excluding hydrogens is 302 g/mol. The first-order valence-electron chi connectivity index (χ1n) is 5.30. The molecule has 1 N–H and O–H groups in total. The first-order valence-corrected chi connectivity index (χ1v) is 7.79. The van der Waals surface area contributed by atoms with Crippen molar-refractivity contribution < 1.29 is 0 Å². The van der Waals surface area contributed by atoms with Crippen molar-refractivity contribution in [3.63, 3.8) is 0 Å². The number of hydrogen-bond acceptors (Lipinski definition) is 3. The number of thiophene rings is 2. The Hall–Kier alpha value is -0.160. The second-order valence-electron chi connectivity index (χ2n) is 3.54. The zero-order chi connectivity index (χ0) is 11.4. The first-order chi connectivity index (χ1) is 7.79. The molecule has 4 heteroatoms. The smallest absolute Gasteiger partial charge is 0.0701 e. The van der Waals surface area contributed by atoms with Gasteiger partial charge in [-0.3, -0.25) is 0 Å². The summed E-state index contributed by atoms with van der Waals surface area (Å²) >= 11 is 7.17. The van der Waals surface area contributed by atoms with Crippen molar-refractivity contribution in [1.29, 1.82) is 0 Å². The number of rotatable bonds is 5. The van der Waals surface area contributed by atoms with E-state index in [1.165, 1.54) is 13.5 Å². The summed E-state index contributed by atoms with van der Waals surface area (Å²) in [5.41, 5.74) is 0. The third-order valence-electron chi connectivity index (χ3n) is 2.37. The van der Waals surface area contributed by atoms with Crippen LogP contribution in [-0.4, -0.2) is 6.54 Å². The lowest BCUT2D eigenvalue weighted by molar-refractivity contribution is 0.562. The molecule has 2 heterocycles. The highest BCUT2D eigenvalue weighted by Crippen LogP contribution is 2.30. The average molecular weight is 316 g/mol. The molecule has 0 aromatic carbocycles. The predicted octanol–water partition coefficient (Wildman–Crippen LogP) is 4.47. The molecule has 2 aromatic rings. The highest BCUT2D eigenvalue weighted by atomic mass is 79.9. The van der Waals surface area contributed by atoms with Crippen LogP contribution in [0.15, 0.2) is 33.4 Å². The fraction of sp³-hybridized carbons (Fsp3) is 0.333. The SMILES string of the molecule is CCNC(Cc1cccs1)c1ccc(Br)s1. The van der Waals surface area contributed by atoms with Gasteiger partial charge >= 0.3 is 0 Å². The normalized spacial score (nSPS) is 12.9. The summed E-state index contributed by atoms with van der Waals surface area (Å²) in [4.78, 5) is 2.84. The molecule has 1 nitrogen and oxygen atoms in total. The van der Waals surface area contributed by atoms with Gasteiger partial charge in [-0.25, -0.2) is 0 Å². The average Bonchev–Trinajstić information content (AvgIpc) is 2.88. The van der Waals surface area contributed by atoms with Crippen molar-refractivity contribution in [2.45, 2.75) is 19.4 Å². The number of halogens is 1. The van der Waals surface area contributed by atoms with Crippen LogP contribution in [0.5, 0.6) is 0 Å². The zero-order valence-corrected chi connectivity index (χ0v) is 12.3. The third-order valence-corrected chi connectivity index (χ3v) is 5.01. The van der Waals surface area contributed by atoms with Gasteiger partial charge in [0.1, 0.15) is 0 Å². The van der Waals surface area contributed by atoms with E-state index in [1.807, 2.05) is 22.7 Å². The Morgan fingerprint density at radius 1 is 1.38 bits per heavy atom. The number of likely N-dealkylation sites (N-methyl/N-ethyl adjacent to an activating group) is 1. The summed E-state index contributed by atoms with van der Waals surface area (Å²) in [6.45, 7) is 3.16. The van der Waals surface area contributed by atoms with E-state index in [0.717, 1.165) is 13.0 Å². The molecule has 0 aliphatic carbocycles. The van der Waals surface area contributed by atoms with Gasteiger partial charge in [0.05, 0.1) is 3.79 Å². The van der Waals surface area contributed by atoms with E-state index in [4.69, 9.17) is 0 Å². The molecule has 86 valence electrons. The van der Waals surface area contributed by atoms with Gasteiger partial charge in [-0.15, -0.1) is 22.7 Å². The predicted molar refractivity (Wildman–Crippen MR) is 76.5 cm³/mol. The summed E-state index contributed by atoms with van der Waals surface area (Å²) in [6.07, 6.45) is 1.08. The van der Waals surface area contributed by atoms with E-state index in [9.17, 15) is 0 Å². The van der Waals surface area contributed by atoms with Crippen LogP contribution in [0.1, 0.15) is 22.7 Å². The summed E-state index contributed by atoms with van der Waals surface area (Å²) < 4.78 is 1.21. The molecule has 1 unspecified atom stereocenters. The molecule has 0 aliphatic rings. The van der Waals surface area contributed by atoms with Gasteiger partial charge in [0.2, 0.25) is 0 Å². The van der Waals surface area contributed by atoms with Crippen molar-refractivity contribution in [2.75, 3.05) is 6.54 Å². The summed E-state index contributed by atoms with van der Waals surface area (Å²) in [7, 11) is 0. The van der Waals surface area contributed by atoms with Crippen LogP contribution in [0.2, 0.25) is 0 Å². The standard InChI is InChI=1S/C12H14BrNS2/c1-2-14-10(8-9-4-3-7-15-9)11-5-6-12(13)16-11/h3-7,10,14H,2,8H2,1H3. The Bertz CT molecular complexity index is 422. The summed E-state index contributed by atoms with van der Waals surface area (Å²) in [5, 5.41) is 5.69. The number of nitrogens with one attached hydrogen (secondary N) is 1. The maximum Gasteiger partial charge on any atom is 0.0701 e. The molecule has 0 amide bonds. The molecule has 0 fully saturated rings. The van der Waals surface area contributed by atoms with Gasteiger partial charge < -0.3 is 5.32 Å². The van der Waals surface area contributed by atoms with Crippen LogP contribution in [0.3, 0.4) is 0 Å². The Morgan fingerprint density at radius 3 is 2.81 bits per heavy atom. The van der Waals surface area contributed by atoms with Gasteiger partial charge in [0, 0.05) is 22.2 Å². The van der Waals surface area contributed by atoms with E-state index in [0.29, 0.717) is 6.04 Å². The van der Waals surface area contributed by atoms with Crippen molar-refractivity contribution in [1.82, 2.24) is 5.32 Å². The molecule has 2 rings (SSSR count). The summed E-state index contributed by atoms with van der Waals surface area (Å²) in [5.74, 6) is 0. The molecule has 2 aromatic heterocycles. The fourth-order valence-electron chi connectivity index (χ4n) is 1.67. The molecule has 0 bridgehead atoms. The molecular formula is C12H14BrNS2. The molecule has 0 saturated heterocycles. The Morgan fingerprint density at radius 2 is 2.25 bits per heavy atom. The van der Waals surface area contributed by atoms with Crippen molar-refractivity contribution >= 4 is 38.6 Å². The minimum atomic E-state index is 0.444. The van der Waals surface area contributed by atoms with Gasteiger partial charge in [-0.05, 0) is 46.1 Å². The molecule has 0 aliphatic heterocycles. The molecule has 1 atom stereocenters. The topological polar surface area (TPSA) is 12.0 Å². The van der Waals surface area contributed by atoms with Crippen molar-refractivity contribution in [2.24, 2.45) is 0 Å². The second-order valence-corrected chi connectivity index (χ2v) is 7.06. The highest BCUT2D eigenvalue weighted by molar-refractivity contribution is 9.11. The minimum absolute atomic E-state index is 0.444. The maximum absolute atomic E-state index is 3.55. The van der Waals surface area contributed by atoms with Gasteiger partial charge in [-0.2, -0.15) is 0 Å². The lowest BCUT2D eigenvalue weighted by Gasteiger charge is -2.15. The van der Waals surface area contributed by atoms with Gasteiger partial charge in [0.15, 0.2) is 0 Å². The molecule has 0 saturated carbocycles. The van der Waals surface area contributed by atoms with E-state index < -0.39 is 0 Å². The van der Waals surface area contributed by atoms with Gasteiger partial charge in [-0.1, -0.05) is 13.0 Å². The van der Waals surface area contributed by atoms with Crippen LogP contribution >= 0.6 is 38.6 Å². The molecule has 0 radical (unpaired) electrons. The maximum atomic E-state index is 3.55. The monoisotopic (exact) mass is 315 g/mol. The number of hydrogen-bond donors (Lipinski definition) is 1. The first kappa shape index (κ1) is 12.3. The van der Waals surface area contributed by atoms with Crippen LogP contribution < -0.4 is 5.32 Å². The quantitative estimate of drug-likeness (QED) is 0.858. The molecule has 0 spiro atoms. The van der Waals surface area contributed by atoms with E-state index in [-0.39, 0.29) is 0 Å². The minimum Gasteiger partial charge on any atom is -0.309 e. The Kier molecular flexibility index (Phi) is 4.58. The second kappa shape index (κ2) is 5.96. The Labute approximate surface area is 113 Å². The fourth-order valence-corrected chi connectivity index (χ4v) is 3.92. The van der Waals surface area contributed by atoms with Gasteiger partial charge in [0.25, 0.3) is 0 Å². The summed E-state index contributed by atoms with van der Waals surface area (Å²) in [6, 6.07) is 9.10. The lowest BCUT2D eigenvalue weighted by atomic mass is 10.1. The van der Waals surface area contributed by atoms with Crippen LogP contribution in [-0.2, 0) is 6.42 Å². The lowest BCUT2D eigenvalue weighted by Crippen LogP contribution is -2.21. The van der Waals surface area contributed by atoms with Crippen LogP contribution in [0, 0.1) is 0 Å². The third kappa shape index (κ3) is 3.17. The largest absolute Gasteiger partial charge is 0.309 e. The van der Waals surface area contributed by atoms with E-state index in [1.54, 1.807) is 0 Å². The zero-order valence-electron chi connectivity index (χ0n) is 9.07.